The first kappa shape index (κ1) is 20.9. The normalized spacial score (nSPS) is 25.2. The first-order chi connectivity index (χ1) is 15.3. The van der Waals surface area contributed by atoms with E-state index in [4.69, 9.17) is 13.6 Å². The van der Waals surface area contributed by atoms with Crippen LogP contribution in [0.3, 0.4) is 0 Å². The van der Waals surface area contributed by atoms with Gasteiger partial charge in [0, 0.05) is 17.5 Å². The van der Waals surface area contributed by atoms with E-state index in [0.717, 1.165) is 32.1 Å². The van der Waals surface area contributed by atoms with Crippen molar-refractivity contribution in [1.29, 1.82) is 0 Å². The largest absolute Gasteiger partial charge is 0.457 e. The van der Waals surface area contributed by atoms with Crippen LogP contribution < -0.4 is 5.32 Å². The Morgan fingerprint density at radius 2 is 2.00 bits per heavy atom. The summed E-state index contributed by atoms with van der Waals surface area (Å²) in [5.74, 6) is -1.89. The highest BCUT2D eigenvalue weighted by atomic mass is 16.6. The molecule has 0 fully saturated rings. The third kappa shape index (κ3) is 11.6. The first-order valence-electron chi connectivity index (χ1n) is 12.1. The van der Waals surface area contributed by atoms with E-state index in [1.165, 1.54) is 0 Å². The molecular weight excluding hydrogens is 386 g/mol. The van der Waals surface area contributed by atoms with Crippen LogP contribution in [0.5, 0.6) is 0 Å². The molecule has 1 heterocycles. The number of hydrogen-bond donors (Lipinski definition) is 1. The second kappa shape index (κ2) is 13.0. The number of ether oxygens (including phenoxy) is 2. The zero-order chi connectivity index (χ0) is 25.1. The molecule has 170 valence electrons. The molecule has 0 aliphatic carbocycles. The number of carbonyl (C=O) groups is 3. The molecule has 0 aromatic rings. The number of guanidine groups is 1. The Bertz CT molecular complexity index is 730. The minimum atomic E-state index is -2.88. The smallest absolute Gasteiger partial charge is 0.437 e. The number of nitrogens with one attached hydrogen (secondary N) is 1. The highest BCUT2D eigenvalue weighted by Crippen LogP contribution is 2.11. The fourth-order valence-corrected chi connectivity index (χ4v) is 2.71. The highest BCUT2D eigenvalue weighted by molar-refractivity contribution is 6.01. The molecule has 1 atom stereocenters. The molecule has 0 aromatic carbocycles. The lowest BCUT2D eigenvalue weighted by Crippen LogP contribution is -2.45. The van der Waals surface area contributed by atoms with Crippen LogP contribution in [-0.2, 0) is 19.1 Å². The van der Waals surface area contributed by atoms with E-state index in [1.807, 2.05) is 13.0 Å². The Kier molecular flexibility index (Phi) is 9.07. The number of aliphatic imine (C=N–C) groups is 1. The molecular formula is C22H37N3O5. The highest BCUT2D eigenvalue weighted by Gasteiger charge is 2.21. The number of allylic oxidation sites excluding steroid dienone is 1. The van der Waals surface area contributed by atoms with Crippen LogP contribution in [0, 0.1) is 0 Å². The number of cyclic esters (lactones) is 1. The predicted molar refractivity (Wildman–Crippen MR) is 116 cm³/mol. The molecule has 1 aliphatic heterocycles. The minimum Gasteiger partial charge on any atom is -0.457 e. The molecule has 1 rings (SSSR count). The maximum atomic E-state index is 12.6. The van der Waals surface area contributed by atoms with Crippen molar-refractivity contribution in [2.24, 2.45) is 4.99 Å². The number of rotatable bonds is 1. The van der Waals surface area contributed by atoms with Gasteiger partial charge in [-0.05, 0) is 52.5 Å². The van der Waals surface area contributed by atoms with Crippen molar-refractivity contribution in [3.8, 4) is 0 Å². The van der Waals surface area contributed by atoms with Crippen molar-refractivity contribution in [3.63, 3.8) is 0 Å². The summed E-state index contributed by atoms with van der Waals surface area (Å²) in [6.45, 7) is 3.12. The van der Waals surface area contributed by atoms with E-state index >= 15 is 0 Å². The van der Waals surface area contributed by atoms with E-state index < -0.39 is 49.2 Å². The number of hydrogen-bond acceptors (Lipinski definition) is 5. The molecule has 8 nitrogen and oxygen atoms in total. The Labute approximate surface area is 184 Å². The first-order valence-corrected chi connectivity index (χ1v) is 10.6. The molecule has 1 aliphatic rings. The van der Waals surface area contributed by atoms with Gasteiger partial charge in [-0.1, -0.05) is 32.3 Å². The molecule has 30 heavy (non-hydrogen) atoms. The Morgan fingerprint density at radius 1 is 1.30 bits per heavy atom. The summed E-state index contributed by atoms with van der Waals surface area (Å²) >= 11 is 0. The van der Waals surface area contributed by atoms with Crippen molar-refractivity contribution < 1.29 is 28.0 Å². The summed E-state index contributed by atoms with van der Waals surface area (Å²) in [4.78, 5) is 41.6. The van der Waals surface area contributed by atoms with E-state index in [0.29, 0.717) is 17.7 Å². The average molecular weight is 427 g/mol. The molecule has 0 saturated heterocycles. The van der Waals surface area contributed by atoms with Gasteiger partial charge < -0.3 is 14.4 Å². The maximum Gasteiger partial charge on any atom is 0.437 e. The monoisotopic (exact) mass is 426 g/mol. The number of nitrogens with zero attached hydrogens (tertiary/aromatic N) is 2. The van der Waals surface area contributed by atoms with Gasteiger partial charge in [-0.3, -0.25) is 14.9 Å². The fraction of sp³-hybridized carbons (Fsp3) is 0.727. The molecule has 0 radical (unpaired) electrons. The molecule has 0 saturated carbocycles. The van der Waals surface area contributed by atoms with Crippen LogP contribution in [0.25, 0.3) is 0 Å². The molecule has 1 unspecified atom stereocenters. The fourth-order valence-electron chi connectivity index (χ4n) is 2.71. The lowest BCUT2D eigenvalue weighted by Gasteiger charge is -2.23. The van der Waals surface area contributed by atoms with E-state index in [2.05, 4.69) is 10.3 Å². The molecule has 1 N–H and O–H groups in total. The molecule has 0 spiro atoms. The van der Waals surface area contributed by atoms with Gasteiger partial charge in [0.05, 0.1) is 0 Å². The Balaban J connectivity index is 3.26. The van der Waals surface area contributed by atoms with Gasteiger partial charge in [-0.2, -0.15) is 0 Å². The quantitative estimate of drug-likeness (QED) is 0.504. The van der Waals surface area contributed by atoms with Gasteiger partial charge in [-0.15, -0.1) is 4.99 Å². The average Bonchev–Trinajstić information content (AvgIpc) is 2.66. The SMILES string of the molecule is [2H]C([2H])([2H])N1CC(=O)OC(CC)/C=C/CCCCCCCC(=O)N/C1=N/C(=O)OC(C)(C)C. The van der Waals surface area contributed by atoms with Crippen LogP contribution in [0.15, 0.2) is 17.1 Å². The van der Waals surface area contributed by atoms with Crippen molar-refractivity contribution in [3.05, 3.63) is 12.2 Å². The number of esters is 1. The van der Waals surface area contributed by atoms with Gasteiger partial charge >= 0.3 is 12.1 Å². The Morgan fingerprint density at radius 3 is 2.67 bits per heavy atom. The van der Waals surface area contributed by atoms with Crippen molar-refractivity contribution in [1.82, 2.24) is 10.2 Å². The van der Waals surface area contributed by atoms with Crippen molar-refractivity contribution >= 4 is 23.9 Å². The lowest BCUT2D eigenvalue weighted by atomic mass is 10.1. The third-order valence-electron chi connectivity index (χ3n) is 4.20. The van der Waals surface area contributed by atoms with E-state index in [1.54, 1.807) is 26.8 Å². The van der Waals surface area contributed by atoms with E-state index in [-0.39, 0.29) is 6.42 Å². The van der Waals surface area contributed by atoms with Gasteiger partial charge in [0.15, 0.2) is 0 Å². The maximum absolute atomic E-state index is 12.6. The summed E-state index contributed by atoms with van der Waals surface area (Å²) in [6.07, 6.45) is 8.09. The zero-order valence-electron chi connectivity index (χ0n) is 21.5. The summed E-state index contributed by atoms with van der Waals surface area (Å²) < 4.78 is 34.1. The standard InChI is InChI=1S/C22H37N3O5/c1-6-17-14-12-10-8-7-9-11-13-15-18(26)23-20(25(5)16-19(27)29-17)24-21(28)30-22(2,3)4/h12,14,17H,6-11,13,15-16H2,1-5H3,(H,23,24,26,28)/b14-12+/i5D3. The van der Waals surface area contributed by atoms with Gasteiger partial charge in [0.2, 0.25) is 11.9 Å². The van der Waals surface area contributed by atoms with E-state index in [9.17, 15) is 14.4 Å². The predicted octanol–water partition coefficient (Wildman–Crippen LogP) is 3.95. The zero-order valence-corrected chi connectivity index (χ0v) is 18.5. The topological polar surface area (TPSA) is 97.3 Å². The number of likely N-dealkylation sites (N-methyl/N-ethyl adjacent to an activating group) is 1. The lowest BCUT2D eigenvalue weighted by molar-refractivity contribution is -0.147. The molecule has 0 aromatic heterocycles. The van der Waals surface area contributed by atoms with Gasteiger partial charge in [0.25, 0.3) is 0 Å². The summed E-state index contributed by atoms with van der Waals surface area (Å²) in [6, 6.07) is 0. The minimum absolute atomic E-state index is 0.129. The van der Waals surface area contributed by atoms with Crippen LogP contribution in [-0.4, -0.2) is 54.1 Å². The molecule has 8 heteroatoms. The second-order valence-electron chi connectivity index (χ2n) is 8.22. The van der Waals surface area contributed by atoms with Gasteiger partial charge in [0.1, 0.15) is 18.2 Å². The van der Waals surface area contributed by atoms with Gasteiger partial charge in [-0.25, -0.2) is 4.79 Å². The van der Waals surface area contributed by atoms with Crippen LogP contribution in [0.2, 0.25) is 0 Å². The second-order valence-corrected chi connectivity index (χ2v) is 8.22. The summed E-state index contributed by atoms with van der Waals surface area (Å²) in [7, 11) is 0. The van der Waals surface area contributed by atoms with Crippen LogP contribution in [0.4, 0.5) is 4.79 Å². The van der Waals surface area contributed by atoms with Crippen molar-refractivity contribution in [2.45, 2.75) is 90.8 Å². The van der Waals surface area contributed by atoms with Crippen LogP contribution in [0.1, 0.15) is 83.2 Å². The number of amides is 2. The Hall–Kier alpha value is -2.38. The summed E-state index contributed by atoms with van der Waals surface area (Å²) in [5.41, 5.74) is -0.883. The molecule has 0 bridgehead atoms. The molecule has 2 amide bonds. The number of carbonyl (C=O) groups excluding carboxylic acids is 3. The third-order valence-corrected chi connectivity index (χ3v) is 4.20. The van der Waals surface area contributed by atoms with Crippen molar-refractivity contribution in [2.75, 3.05) is 13.5 Å². The van der Waals surface area contributed by atoms with Crippen LogP contribution >= 0.6 is 0 Å². The summed E-state index contributed by atoms with van der Waals surface area (Å²) in [5, 5.41) is 2.38.